The number of halogens is 1. The zero-order valence-corrected chi connectivity index (χ0v) is 11.2. The van der Waals surface area contributed by atoms with Crippen molar-refractivity contribution >= 4 is 17.7 Å². The van der Waals surface area contributed by atoms with E-state index in [0.29, 0.717) is 0 Å². The Kier molecular flexibility index (Phi) is 6.10. The van der Waals surface area contributed by atoms with Gasteiger partial charge in [0.05, 0.1) is 18.1 Å². The maximum Gasteiger partial charge on any atom is 0.319 e. The van der Waals surface area contributed by atoms with Gasteiger partial charge in [0.15, 0.2) is 0 Å². The smallest absolute Gasteiger partial charge is 0.319 e. The summed E-state index contributed by atoms with van der Waals surface area (Å²) in [4.78, 5) is 22.1. The highest BCUT2D eigenvalue weighted by molar-refractivity contribution is 5.89. The summed E-state index contributed by atoms with van der Waals surface area (Å²) in [5.41, 5.74) is 0.0612. The molecule has 2 amide bonds. The van der Waals surface area contributed by atoms with E-state index in [0.717, 1.165) is 6.07 Å². The molecule has 0 aliphatic heterocycles. The average molecular weight is 295 g/mol. The Morgan fingerprint density at radius 3 is 2.81 bits per heavy atom. The Balaban J connectivity index is 2.54. The predicted molar refractivity (Wildman–Crippen MR) is 71.2 cm³/mol. The molecule has 1 aromatic rings. The molecular weight excluding hydrogens is 281 g/mol. The number of nitrogens with one attached hydrogen (secondary N) is 2. The highest BCUT2D eigenvalue weighted by Gasteiger charge is 2.13. The van der Waals surface area contributed by atoms with Crippen LogP contribution in [0, 0.1) is 17.1 Å². The molecule has 8 heteroatoms. The molecule has 3 N–H and O–H groups in total. The number of aliphatic carboxylic acids is 1. The van der Waals surface area contributed by atoms with Crippen molar-refractivity contribution < 1.29 is 23.8 Å². The van der Waals surface area contributed by atoms with Crippen molar-refractivity contribution in [2.24, 2.45) is 0 Å². The third-order valence-electron chi connectivity index (χ3n) is 2.57. The molecule has 112 valence electrons. The minimum absolute atomic E-state index is 0.000928. The van der Waals surface area contributed by atoms with Gasteiger partial charge in [0.2, 0.25) is 0 Å². The third kappa shape index (κ3) is 5.46. The molecule has 0 aliphatic rings. The van der Waals surface area contributed by atoms with Crippen molar-refractivity contribution in [3.8, 4) is 6.07 Å². The highest BCUT2D eigenvalue weighted by Crippen LogP contribution is 2.13. The SMILES string of the molecule is COC(CNC(=O)Nc1ccc(F)c(C#N)c1)CC(=O)O. The first-order chi connectivity index (χ1) is 9.96. The summed E-state index contributed by atoms with van der Waals surface area (Å²) in [6.07, 6.45) is -0.900. The van der Waals surface area contributed by atoms with Gasteiger partial charge in [-0.2, -0.15) is 5.26 Å². The number of benzene rings is 1. The molecule has 0 aliphatic carbocycles. The molecule has 21 heavy (non-hydrogen) atoms. The monoisotopic (exact) mass is 295 g/mol. The molecule has 7 nitrogen and oxygen atoms in total. The maximum absolute atomic E-state index is 13.1. The van der Waals surface area contributed by atoms with Crippen LogP contribution in [0.3, 0.4) is 0 Å². The van der Waals surface area contributed by atoms with Crippen molar-refractivity contribution in [1.82, 2.24) is 5.32 Å². The van der Waals surface area contributed by atoms with Gasteiger partial charge in [0, 0.05) is 19.3 Å². The average Bonchev–Trinajstić information content (AvgIpc) is 2.45. The molecule has 0 spiro atoms. The summed E-state index contributed by atoms with van der Waals surface area (Å²) < 4.78 is 18.0. The number of carbonyl (C=O) groups excluding carboxylic acids is 1. The number of carboxylic acids is 1. The third-order valence-corrected chi connectivity index (χ3v) is 2.57. The van der Waals surface area contributed by atoms with Crippen LogP contribution in [-0.2, 0) is 9.53 Å². The number of ether oxygens (including phenoxy) is 1. The number of amides is 2. The molecule has 1 rings (SSSR count). The number of nitriles is 1. The second-order valence-electron chi connectivity index (χ2n) is 4.10. The van der Waals surface area contributed by atoms with E-state index in [2.05, 4.69) is 10.6 Å². The molecule has 0 saturated heterocycles. The first kappa shape index (κ1) is 16.4. The van der Waals surface area contributed by atoms with Crippen LogP contribution in [0.4, 0.5) is 14.9 Å². The van der Waals surface area contributed by atoms with Crippen LogP contribution in [0.5, 0.6) is 0 Å². The lowest BCUT2D eigenvalue weighted by Gasteiger charge is -2.14. The van der Waals surface area contributed by atoms with Crippen LogP contribution in [0.15, 0.2) is 18.2 Å². The van der Waals surface area contributed by atoms with E-state index >= 15 is 0 Å². The van der Waals surface area contributed by atoms with Crippen LogP contribution < -0.4 is 10.6 Å². The van der Waals surface area contributed by atoms with Gasteiger partial charge in [0.1, 0.15) is 11.9 Å². The summed E-state index contributed by atoms with van der Waals surface area (Å²) in [7, 11) is 1.34. The van der Waals surface area contributed by atoms with E-state index < -0.39 is 23.9 Å². The minimum atomic E-state index is -1.04. The highest BCUT2D eigenvalue weighted by atomic mass is 19.1. The summed E-state index contributed by atoms with van der Waals surface area (Å²) in [6, 6.07) is 4.61. The molecule has 0 bridgehead atoms. The lowest BCUT2D eigenvalue weighted by Crippen LogP contribution is -2.37. The number of carbonyl (C=O) groups is 2. The molecule has 0 aromatic heterocycles. The van der Waals surface area contributed by atoms with E-state index in [1.807, 2.05) is 0 Å². The molecule has 1 unspecified atom stereocenters. The molecule has 0 heterocycles. The van der Waals surface area contributed by atoms with E-state index in [4.69, 9.17) is 15.1 Å². The molecule has 0 radical (unpaired) electrons. The van der Waals surface area contributed by atoms with Crippen LogP contribution >= 0.6 is 0 Å². The molecular formula is C13H14FN3O4. The number of nitrogens with zero attached hydrogens (tertiary/aromatic N) is 1. The number of hydrogen-bond donors (Lipinski definition) is 3. The summed E-state index contributed by atoms with van der Waals surface area (Å²) >= 11 is 0. The van der Waals surface area contributed by atoms with Crippen LogP contribution in [0.1, 0.15) is 12.0 Å². The van der Waals surface area contributed by atoms with Crippen molar-refractivity contribution in [3.63, 3.8) is 0 Å². The fraction of sp³-hybridized carbons (Fsp3) is 0.308. The van der Waals surface area contributed by atoms with Gasteiger partial charge in [-0.15, -0.1) is 0 Å². The molecule has 0 saturated carbocycles. The summed E-state index contributed by atoms with van der Waals surface area (Å²) in [6.45, 7) is 0.000928. The minimum Gasteiger partial charge on any atom is -0.481 e. The van der Waals surface area contributed by atoms with Gasteiger partial charge in [-0.1, -0.05) is 0 Å². The lowest BCUT2D eigenvalue weighted by atomic mass is 10.2. The van der Waals surface area contributed by atoms with Crippen LogP contribution in [-0.4, -0.2) is 36.9 Å². The van der Waals surface area contributed by atoms with Crippen molar-refractivity contribution in [1.29, 1.82) is 5.26 Å². The standard InChI is InChI=1S/C13H14FN3O4/c1-21-10(5-12(18)19)7-16-13(20)17-9-2-3-11(14)8(4-9)6-15/h2-4,10H,5,7H2,1H3,(H,18,19)(H2,16,17,20). The van der Waals surface area contributed by atoms with Crippen LogP contribution in [0.25, 0.3) is 0 Å². The number of carboxylic acid groups (broad SMARTS) is 1. The normalized spacial score (nSPS) is 11.3. The van der Waals surface area contributed by atoms with Gasteiger partial charge in [-0.05, 0) is 18.2 Å². The molecule has 0 fully saturated rings. The van der Waals surface area contributed by atoms with Gasteiger partial charge in [0.25, 0.3) is 0 Å². The zero-order valence-electron chi connectivity index (χ0n) is 11.2. The Bertz CT molecular complexity index is 571. The van der Waals surface area contributed by atoms with Gasteiger partial charge < -0.3 is 20.5 Å². The predicted octanol–water partition coefficient (Wildman–Crippen LogP) is 1.31. The van der Waals surface area contributed by atoms with E-state index in [1.54, 1.807) is 6.07 Å². The number of anilines is 1. The van der Waals surface area contributed by atoms with Crippen molar-refractivity contribution in [3.05, 3.63) is 29.6 Å². The Labute approximate surface area is 120 Å². The quantitative estimate of drug-likeness (QED) is 0.732. The van der Waals surface area contributed by atoms with Gasteiger partial charge in [-0.25, -0.2) is 9.18 Å². The van der Waals surface area contributed by atoms with Crippen molar-refractivity contribution in [2.75, 3.05) is 19.0 Å². The number of rotatable bonds is 6. The van der Waals surface area contributed by atoms with Crippen molar-refractivity contribution in [2.45, 2.75) is 12.5 Å². The second kappa shape index (κ2) is 7.81. The zero-order chi connectivity index (χ0) is 15.8. The second-order valence-corrected chi connectivity index (χ2v) is 4.10. The Morgan fingerprint density at radius 1 is 1.52 bits per heavy atom. The number of methoxy groups -OCH3 is 1. The fourth-order valence-electron chi connectivity index (χ4n) is 1.50. The van der Waals surface area contributed by atoms with Gasteiger partial charge in [-0.3, -0.25) is 4.79 Å². The summed E-state index contributed by atoms with van der Waals surface area (Å²) in [5.74, 6) is -1.72. The molecule has 1 atom stereocenters. The fourth-order valence-corrected chi connectivity index (χ4v) is 1.50. The first-order valence-corrected chi connectivity index (χ1v) is 5.95. The topological polar surface area (TPSA) is 111 Å². The first-order valence-electron chi connectivity index (χ1n) is 5.95. The van der Waals surface area contributed by atoms with Gasteiger partial charge >= 0.3 is 12.0 Å². The molecule has 1 aromatic carbocycles. The number of urea groups is 1. The van der Waals surface area contributed by atoms with Crippen LogP contribution in [0.2, 0.25) is 0 Å². The van der Waals surface area contributed by atoms with E-state index in [9.17, 15) is 14.0 Å². The summed E-state index contributed by atoms with van der Waals surface area (Å²) in [5, 5.41) is 22.1. The maximum atomic E-state index is 13.1. The lowest BCUT2D eigenvalue weighted by molar-refractivity contribution is -0.139. The van der Waals surface area contributed by atoms with E-state index in [1.165, 1.54) is 19.2 Å². The van der Waals surface area contributed by atoms with E-state index in [-0.39, 0.29) is 24.2 Å². The largest absolute Gasteiger partial charge is 0.481 e. The number of hydrogen-bond acceptors (Lipinski definition) is 4. The Hall–Kier alpha value is -2.66. The Morgan fingerprint density at radius 2 is 2.24 bits per heavy atom.